The summed E-state index contributed by atoms with van der Waals surface area (Å²) in [5, 5.41) is 1.30. The molecule has 10 heteroatoms. The number of hydrogen-bond acceptors (Lipinski definition) is 3. The number of para-hydroxylation sites is 1. The number of pyridine rings is 1. The second-order valence-electron chi connectivity index (χ2n) is 10.1. The Morgan fingerprint density at radius 1 is 0.951 bits per heavy atom. The van der Waals surface area contributed by atoms with E-state index in [2.05, 4.69) is 4.98 Å². The highest BCUT2D eigenvalue weighted by atomic mass is 35.5. The molecule has 0 bridgehead atoms. The molecule has 4 aromatic rings. The van der Waals surface area contributed by atoms with Crippen molar-refractivity contribution in [3.8, 4) is 0 Å². The van der Waals surface area contributed by atoms with Gasteiger partial charge < -0.3 is 9.80 Å². The van der Waals surface area contributed by atoms with E-state index in [1.54, 1.807) is 35.2 Å². The highest BCUT2D eigenvalue weighted by Gasteiger charge is 2.46. The number of likely N-dealkylation sites (tertiary alicyclic amines) is 1. The molecule has 212 valence electrons. The van der Waals surface area contributed by atoms with Crippen LogP contribution in [0.15, 0.2) is 85.1 Å². The van der Waals surface area contributed by atoms with Gasteiger partial charge in [0, 0.05) is 52.4 Å². The van der Waals surface area contributed by atoms with Crippen LogP contribution in [-0.4, -0.2) is 51.4 Å². The maximum Gasteiger partial charge on any atom is 0.471 e. The second kappa shape index (κ2) is 12.1. The molecular formula is C31H26Cl2F3N3O2. The van der Waals surface area contributed by atoms with Gasteiger partial charge in [-0.1, -0.05) is 71.7 Å². The molecule has 1 fully saturated rings. The number of hydrogen-bond donors (Lipinski definition) is 0. The summed E-state index contributed by atoms with van der Waals surface area (Å²) in [4.78, 5) is 33.4. The van der Waals surface area contributed by atoms with Crippen LogP contribution >= 0.6 is 23.2 Å². The highest BCUT2D eigenvalue weighted by Crippen LogP contribution is 2.32. The van der Waals surface area contributed by atoms with Crippen LogP contribution < -0.4 is 0 Å². The van der Waals surface area contributed by atoms with Gasteiger partial charge in [0.1, 0.15) is 0 Å². The third kappa shape index (κ3) is 6.66. The van der Waals surface area contributed by atoms with Gasteiger partial charge in [-0.3, -0.25) is 14.6 Å². The van der Waals surface area contributed by atoms with E-state index in [-0.39, 0.29) is 31.8 Å². The minimum absolute atomic E-state index is 0.157. The normalized spacial score (nSPS) is 17.4. The molecule has 1 aliphatic rings. The maximum absolute atomic E-state index is 13.9. The lowest BCUT2D eigenvalue weighted by Crippen LogP contribution is -2.55. The molecule has 1 saturated heterocycles. The summed E-state index contributed by atoms with van der Waals surface area (Å²) in [6, 6.07) is 21.5. The number of nitrogens with zero attached hydrogens (tertiary/aromatic N) is 3. The van der Waals surface area contributed by atoms with Crippen molar-refractivity contribution in [2.24, 2.45) is 0 Å². The molecule has 1 aliphatic heterocycles. The van der Waals surface area contributed by atoms with E-state index in [1.165, 1.54) is 24.4 Å². The lowest BCUT2D eigenvalue weighted by atomic mass is 9.90. The first kappa shape index (κ1) is 28.9. The number of alkyl halides is 3. The Balaban J connectivity index is 1.48. The predicted molar refractivity (Wildman–Crippen MR) is 153 cm³/mol. The van der Waals surface area contributed by atoms with Crippen molar-refractivity contribution in [1.82, 2.24) is 14.8 Å². The number of carbonyl (C=O) groups is 2. The topological polar surface area (TPSA) is 53.5 Å². The second-order valence-corrected chi connectivity index (χ2v) is 11.0. The average molecular weight is 600 g/mol. The zero-order valence-electron chi connectivity index (χ0n) is 21.8. The molecule has 5 rings (SSSR count). The number of fused-ring (bicyclic) bond motifs is 1. The zero-order chi connectivity index (χ0) is 29.1. The Kier molecular flexibility index (Phi) is 8.52. The highest BCUT2D eigenvalue weighted by molar-refractivity contribution is 6.35. The lowest BCUT2D eigenvalue weighted by Gasteiger charge is -2.44. The standard InChI is InChI=1S/C31H26Cl2F3N3O2/c32-23-15-22(16-24(33)17-23)29(40)38-13-11-25(18-26(38)14-20-6-2-1-3-7-20)39(30(41)31(34,35)36)19-21-10-12-37-28-9-5-4-8-27(21)28/h1-10,12,15-17,25-26H,11,13-14,18-19H2/t25-,26+/m0/s1. The van der Waals surface area contributed by atoms with E-state index in [0.29, 0.717) is 38.5 Å². The number of benzene rings is 3. The van der Waals surface area contributed by atoms with Crippen LogP contribution in [-0.2, 0) is 17.8 Å². The number of halogens is 5. The SMILES string of the molecule is O=C(c1cc(Cl)cc(Cl)c1)N1CC[C@H](N(Cc2ccnc3ccccc23)C(=O)C(F)(F)F)C[C@H]1Cc1ccccc1. The Morgan fingerprint density at radius 2 is 1.63 bits per heavy atom. The number of piperidine rings is 1. The Morgan fingerprint density at radius 3 is 2.34 bits per heavy atom. The Labute approximate surface area is 245 Å². The number of aromatic nitrogens is 1. The molecule has 5 nitrogen and oxygen atoms in total. The van der Waals surface area contributed by atoms with Crippen molar-refractivity contribution in [1.29, 1.82) is 0 Å². The molecule has 0 N–H and O–H groups in total. The first-order chi connectivity index (χ1) is 19.6. The van der Waals surface area contributed by atoms with Gasteiger partial charge in [0.25, 0.3) is 5.91 Å². The van der Waals surface area contributed by atoms with Crippen molar-refractivity contribution in [3.05, 3.63) is 112 Å². The molecule has 2 atom stereocenters. The van der Waals surface area contributed by atoms with Gasteiger partial charge in [-0.2, -0.15) is 13.2 Å². The maximum atomic E-state index is 13.9. The van der Waals surface area contributed by atoms with E-state index in [1.807, 2.05) is 30.3 Å². The van der Waals surface area contributed by atoms with E-state index in [9.17, 15) is 22.8 Å². The molecule has 2 amide bonds. The molecular weight excluding hydrogens is 574 g/mol. The van der Waals surface area contributed by atoms with Crippen LogP contribution in [0.25, 0.3) is 10.9 Å². The van der Waals surface area contributed by atoms with Crippen molar-refractivity contribution < 1.29 is 22.8 Å². The van der Waals surface area contributed by atoms with Gasteiger partial charge in [-0.15, -0.1) is 0 Å². The smallest absolute Gasteiger partial charge is 0.335 e. The Hall–Kier alpha value is -3.62. The van der Waals surface area contributed by atoms with Gasteiger partial charge in [0.2, 0.25) is 0 Å². The van der Waals surface area contributed by atoms with E-state index in [4.69, 9.17) is 23.2 Å². The van der Waals surface area contributed by atoms with E-state index < -0.39 is 24.2 Å². The van der Waals surface area contributed by atoms with Crippen LogP contribution in [0.5, 0.6) is 0 Å². The molecule has 2 heterocycles. The van der Waals surface area contributed by atoms with Gasteiger partial charge in [0.05, 0.1) is 5.52 Å². The number of carbonyl (C=O) groups excluding carboxylic acids is 2. The largest absolute Gasteiger partial charge is 0.471 e. The van der Waals surface area contributed by atoms with Crippen LogP contribution in [0.4, 0.5) is 13.2 Å². The fourth-order valence-corrected chi connectivity index (χ4v) is 6.04. The van der Waals surface area contributed by atoms with Crippen LogP contribution in [0.3, 0.4) is 0 Å². The van der Waals surface area contributed by atoms with E-state index >= 15 is 0 Å². The van der Waals surface area contributed by atoms with Gasteiger partial charge in [-0.05, 0) is 60.7 Å². The van der Waals surface area contributed by atoms with Crippen molar-refractivity contribution in [2.45, 2.75) is 44.1 Å². The summed E-state index contributed by atoms with van der Waals surface area (Å²) in [6.07, 6.45) is -2.77. The van der Waals surface area contributed by atoms with Gasteiger partial charge in [0.15, 0.2) is 0 Å². The first-order valence-electron chi connectivity index (χ1n) is 13.1. The van der Waals surface area contributed by atoms with Crippen LogP contribution in [0.2, 0.25) is 10.0 Å². The number of amides is 2. The summed E-state index contributed by atoms with van der Waals surface area (Å²) in [5.74, 6) is -2.22. The lowest BCUT2D eigenvalue weighted by molar-refractivity contribution is -0.189. The number of rotatable bonds is 6. The quantitative estimate of drug-likeness (QED) is 0.233. The summed E-state index contributed by atoms with van der Waals surface area (Å²) in [5.41, 5.74) is 2.42. The minimum atomic E-state index is -5.05. The zero-order valence-corrected chi connectivity index (χ0v) is 23.3. The van der Waals surface area contributed by atoms with Gasteiger partial charge in [-0.25, -0.2) is 0 Å². The first-order valence-corrected chi connectivity index (χ1v) is 13.9. The summed E-state index contributed by atoms with van der Waals surface area (Å²) in [7, 11) is 0. The summed E-state index contributed by atoms with van der Waals surface area (Å²) in [6.45, 7) is -0.0776. The van der Waals surface area contributed by atoms with Crippen LogP contribution in [0.1, 0.15) is 34.3 Å². The van der Waals surface area contributed by atoms with Crippen molar-refractivity contribution >= 4 is 45.9 Å². The molecule has 0 unspecified atom stereocenters. The van der Waals surface area contributed by atoms with E-state index in [0.717, 1.165) is 10.5 Å². The fraction of sp³-hybridized carbons (Fsp3) is 0.258. The summed E-state index contributed by atoms with van der Waals surface area (Å²) < 4.78 is 41.8. The molecule has 1 aromatic heterocycles. The minimum Gasteiger partial charge on any atom is -0.335 e. The molecule has 0 saturated carbocycles. The molecule has 0 aliphatic carbocycles. The van der Waals surface area contributed by atoms with Crippen molar-refractivity contribution in [2.75, 3.05) is 6.54 Å². The fourth-order valence-electron chi connectivity index (χ4n) is 5.51. The monoisotopic (exact) mass is 599 g/mol. The Bertz CT molecular complexity index is 1540. The molecule has 0 spiro atoms. The van der Waals surface area contributed by atoms with Crippen molar-refractivity contribution in [3.63, 3.8) is 0 Å². The summed E-state index contributed by atoms with van der Waals surface area (Å²) >= 11 is 12.3. The third-order valence-corrected chi connectivity index (χ3v) is 7.83. The molecule has 3 aromatic carbocycles. The molecule has 0 radical (unpaired) electrons. The van der Waals surface area contributed by atoms with Crippen LogP contribution in [0, 0.1) is 0 Å². The third-order valence-electron chi connectivity index (χ3n) is 7.40. The molecule has 41 heavy (non-hydrogen) atoms. The predicted octanol–water partition coefficient (Wildman–Crippen LogP) is 7.35. The van der Waals surface area contributed by atoms with Gasteiger partial charge >= 0.3 is 12.1 Å². The average Bonchev–Trinajstić information content (AvgIpc) is 2.95.